The smallest absolute Gasteiger partial charge is 0.0486 e. The molecule has 11 heavy (non-hydrogen) atoms. The van der Waals surface area contributed by atoms with E-state index in [1.54, 1.807) is 0 Å². The first-order valence-electron chi connectivity index (χ1n) is 4.11. The van der Waals surface area contributed by atoms with Crippen molar-refractivity contribution < 1.29 is 5.11 Å². The zero-order valence-corrected chi connectivity index (χ0v) is 7.80. The van der Waals surface area contributed by atoms with Gasteiger partial charge in [-0.1, -0.05) is 26.8 Å². The highest BCUT2D eigenvalue weighted by Gasteiger charge is 1.87. The first kappa shape index (κ1) is 13.0. The van der Waals surface area contributed by atoms with Crippen molar-refractivity contribution in [1.82, 2.24) is 0 Å². The largest absolute Gasteiger partial charge is 0.396 e. The van der Waals surface area contributed by atoms with Crippen LogP contribution >= 0.6 is 0 Å². The fraction of sp³-hybridized carbons (Fsp3) is 0.667. The molecule has 0 aromatic carbocycles. The van der Waals surface area contributed by atoms with E-state index in [9.17, 15) is 0 Å². The molecule has 2 heteroatoms. The van der Waals surface area contributed by atoms with Crippen LogP contribution in [0.25, 0.3) is 0 Å². The molecule has 0 saturated heterocycles. The van der Waals surface area contributed by atoms with Crippen molar-refractivity contribution >= 4 is 6.72 Å². The van der Waals surface area contributed by atoms with Crippen LogP contribution in [-0.2, 0) is 0 Å². The van der Waals surface area contributed by atoms with Gasteiger partial charge in [0, 0.05) is 18.7 Å². The van der Waals surface area contributed by atoms with E-state index in [1.807, 2.05) is 26.8 Å². The number of hydrogen-bond donors (Lipinski definition) is 1. The molecule has 0 unspecified atom stereocenters. The van der Waals surface area contributed by atoms with Crippen LogP contribution in [0.2, 0.25) is 0 Å². The molecule has 0 radical (unpaired) electrons. The molecule has 0 aromatic heterocycles. The minimum absolute atomic E-state index is 0.158. The third-order valence-corrected chi connectivity index (χ3v) is 1.01. The fourth-order valence-corrected chi connectivity index (χ4v) is 0.596. The van der Waals surface area contributed by atoms with E-state index in [4.69, 9.17) is 5.11 Å². The van der Waals surface area contributed by atoms with Crippen molar-refractivity contribution in [3.8, 4) is 0 Å². The lowest BCUT2D eigenvalue weighted by atomic mass is 10.3. The minimum atomic E-state index is 0.158. The van der Waals surface area contributed by atoms with E-state index < -0.39 is 0 Å². The summed E-state index contributed by atoms with van der Waals surface area (Å²) in [6.45, 7) is 9.56. The molecule has 0 aliphatic heterocycles. The van der Waals surface area contributed by atoms with Crippen LogP contribution in [-0.4, -0.2) is 18.4 Å². The molecular formula is C9H19NO. The number of aliphatic hydroxyl groups excluding tert-OH is 1. The van der Waals surface area contributed by atoms with Crippen LogP contribution in [0.15, 0.2) is 16.8 Å². The van der Waals surface area contributed by atoms with Crippen LogP contribution in [0.5, 0.6) is 0 Å². The standard InChI is InChI=1S/C7H13NO.C2H6/c1-3-4-7(8-2)5-6-9;1-2/h4,9H,2-3,5-6H2,1H3;1-2H3/b7-4+;. The number of aliphatic hydroxyl groups is 1. The molecule has 66 valence electrons. The van der Waals surface area contributed by atoms with Crippen molar-refractivity contribution in [3.05, 3.63) is 11.8 Å². The van der Waals surface area contributed by atoms with Crippen LogP contribution in [0.4, 0.5) is 0 Å². The summed E-state index contributed by atoms with van der Waals surface area (Å²) in [5, 5.41) is 8.47. The van der Waals surface area contributed by atoms with Crippen molar-refractivity contribution in [3.63, 3.8) is 0 Å². The Labute approximate surface area is 69.7 Å². The molecule has 2 nitrogen and oxygen atoms in total. The first-order chi connectivity index (χ1) is 5.35. The van der Waals surface area contributed by atoms with Gasteiger partial charge in [-0.3, -0.25) is 4.99 Å². The van der Waals surface area contributed by atoms with E-state index in [2.05, 4.69) is 11.7 Å². The lowest BCUT2D eigenvalue weighted by molar-refractivity contribution is 0.299. The van der Waals surface area contributed by atoms with E-state index in [0.717, 1.165) is 12.1 Å². The highest BCUT2D eigenvalue weighted by molar-refractivity contribution is 5.28. The normalized spacial score (nSPS) is 10.0. The molecule has 0 rings (SSSR count). The van der Waals surface area contributed by atoms with E-state index in [-0.39, 0.29) is 6.61 Å². The second-order valence-corrected chi connectivity index (χ2v) is 1.74. The molecule has 0 heterocycles. The van der Waals surface area contributed by atoms with Crippen LogP contribution in [0, 0.1) is 0 Å². The summed E-state index contributed by atoms with van der Waals surface area (Å²) in [6.07, 6.45) is 3.54. The number of hydrogen-bond acceptors (Lipinski definition) is 2. The Morgan fingerprint density at radius 3 is 2.36 bits per heavy atom. The molecule has 0 amide bonds. The molecule has 0 aliphatic rings. The molecule has 0 saturated carbocycles. The molecule has 0 aromatic rings. The Hall–Kier alpha value is -0.630. The highest BCUT2D eigenvalue weighted by Crippen LogP contribution is 2.01. The maximum Gasteiger partial charge on any atom is 0.0486 e. The first-order valence-corrected chi connectivity index (χ1v) is 4.11. The number of aliphatic imine (C=N–C) groups is 1. The van der Waals surface area contributed by atoms with E-state index in [0.29, 0.717) is 6.42 Å². The van der Waals surface area contributed by atoms with Gasteiger partial charge in [-0.25, -0.2) is 0 Å². The van der Waals surface area contributed by atoms with Gasteiger partial charge < -0.3 is 5.11 Å². The zero-order chi connectivity index (χ0) is 9.11. The molecule has 0 aliphatic carbocycles. The molecule has 0 spiro atoms. The molecular weight excluding hydrogens is 138 g/mol. The van der Waals surface area contributed by atoms with Gasteiger partial charge in [0.05, 0.1) is 0 Å². The monoisotopic (exact) mass is 157 g/mol. The summed E-state index contributed by atoms with van der Waals surface area (Å²) in [5.74, 6) is 0. The second kappa shape index (κ2) is 12.1. The molecule has 0 atom stereocenters. The predicted octanol–water partition coefficient (Wildman–Crippen LogP) is 2.39. The average molecular weight is 157 g/mol. The number of rotatable bonds is 4. The van der Waals surface area contributed by atoms with Crippen molar-refractivity contribution in [2.45, 2.75) is 33.6 Å². The van der Waals surface area contributed by atoms with Gasteiger partial charge >= 0.3 is 0 Å². The predicted molar refractivity (Wildman–Crippen MR) is 51.0 cm³/mol. The van der Waals surface area contributed by atoms with E-state index in [1.165, 1.54) is 0 Å². The van der Waals surface area contributed by atoms with Gasteiger partial charge in [-0.2, -0.15) is 0 Å². The lowest BCUT2D eigenvalue weighted by Gasteiger charge is -1.94. The Bertz CT molecular complexity index is 108. The summed E-state index contributed by atoms with van der Waals surface area (Å²) in [4.78, 5) is 3.72. The Morgan fingerprint density at radius 2 is 2.09 bits per heavy atom. The third kappa shape index (κ3) is 9.37. The van der Waals surface area contributed by atoms with Gasteiger partial charge in [0.15, 0.2) is 0 Å². The maximum absolute atomic E-state index is 8.47. The maximum atomic E-state index is 8.47. The number of allylic oxidation sites excluding steroid dienone is 1. The highest BCUT2D eigenvalue weighted by atomic mass is 16.3. The summed E-state index contributed by atoms with van der Waals surface area (Å²) >= 11 is 0. The Balaban J connectivity index is 0. The average Bonchev–Trinajstić information content (AvgIpc) is 2.08. The topological polar surface area (TPSA) is 32.6 Å². The van der Waals surface area contributed by atoms with Crippen molar-refractivity contribution in [2.75, 3.05) is 6.61 Å². The van der Waals surface area contributed by atoms with E-state index >= 15 is 0 Å². The third-order valence-electron chi connectivity index (χ3n) is 1.01. The molecule has 1 N–H and O–H groups in total. The van der Waals surface area contributed by atoms with Gasteiger partial charge in [-0.15, -0.1) is 0 Å². The minimum Gasteiger partial charge on any atom is -0.396 e. The summed E-state index contributed by atoms with van der Waals surface area (Å²) < 4.78 is 0. The van der Waals surface area contributed by atoms with Gasteiger partial charge in [0.1, 0.15) is 0 Å². The molecule has 0 bridgehead atoms. The quantitative estimate of drug-likeness (QED) is 0.624. The van der Waals surface area contributed by atoms with Gasteiger partial charge in [0.25, 0.3) is 0 Å². The molecule has 0 fully saturated rings. The zero-order valence-electron chi connectivity index (χ0n) is 7.80. The summed E-state index contributed by atoms with van der Waals surface area (Å²) in [7, 11) is 0. The van der Waals surface area contributed by atoms with Crippen molar-refractivity contribution in [1.29, 1.82) is 0 Å². The summed E-state index contributed by atoms with van der Waals surface area (Å²) in [6, 6.07) is 0. The summed E-state index contributed by atoms with van der Waals surface area (Å²) in [5.41, 5.74) is 0.889. The lowest BCUT2D eigenvalue weighted by Crippen LogP contribution is -1.84. The SMILES string of the molecule is C=N/C(=C/CC)CCO.CC. The van der Waals surface area contributed by atoms with Crippen molar-refractivity contribution in [2.24, 2.45) is 4.99 Å². The number of nitrogens with zero attached hydrogens (tertiary/aromatic N) is 1. The van der Waals surface area contributed by atoms with Gasteiger partial charge in [-0.05, 0) is 13.1 Å². The van der Waals surface area contributed by atoms with Crippen LogP contribution < -0.4 is 0 Å². The Kier molecular flexibility index (Phi) is 14.3. The van der Waals surface area contributed by atoms with Crippen LogP contribution in [0.3, 0.4) is 0 Å². The fourth-order valence-electron chi connectivity index (χ4n) is 0.596. The van der Waals surface area contributed by atoms with Gasteiger partial charge in [0.2, 0.25) is 0 Å². The second-order valence-electron chi connectivity index (χ2n) is 1.74. The van der Waals surface area contributed by atoms with Crippen LogP contribution in [0.1, 0.15) is 33.6 Å². The Morgan fingerprint density at radius 1 is 1.55 bits per heavy atom.